The third kappa shape index (κ3) is 4.55. The second-order valence-electron chi connectivity index (χ2n) is 4.39. The molecule has 1 aromatic rings. The minimum absolute atomic E-state index is 0.228. The molecule has 0 spiro atoms. The molecule has 17 heavy (non-hydrogen) atoms. The zero-order valence-corrected chi connectivity index (χ0v) is 9.89. The lowest BCUT2D eigenvalue weighted by molar-refractivity contribution is 0.0201. The Labute approximate surface area is 98.6 Å². The lowest BCUT2D eigenvalue weighted by atomic mass is 10.2. The largest absolute Gasteiger partial charge is 0.514 e. The molecule has 92 valence electrons. The third-order valence-corrected chi connectivity index (χ3v) is 1.62. The van der Waals surface area contributed by atoms with Crippen LogP contribution in [-0.2, 0) is 4.74 Å². The van der Waals surface area contributed by atoms with Gasteiger partial charge in [-0.15, -0.1) is 0 Å². The quantitative estimate of drug-likeness (QED) is 0.758. The maximum Gasteiger partial charge on any atom is 0.514 e. The Morgan fingerprint density at radius 1 is 1.29 bits per heavy atom. The van der Waals surface area contributed by atoms with Crippen molar-refractivity contribution < 1.29 is 19.4 Å². The van der Waals surface area contributed by atoms with Gasteiger partial charge >= 0.3 is 6.16 Å². The molecule has 5 heteroatoms. The van der Waals surface area contributed by atoms with Crippen molar-refractivity contribution >= 4 is 6.16 Å². The first-order valence-corrected chi connectivity index (χ1v) is 5.02. The van der Waals surface area contributed by atoms with Crippen molar-refractivity contribution in [3.63, 3.8) is 0 Å². The Bertz CT molecular complexity index is 473. The highest BCUT2D eigenvalue weighted by atomic mass is 16.7. The maximum absolute atomic E-state index is 11.3. The molecule has 5 nitrogen and oxygen atoms in total. The van der Waals surface area contributed by atoms with Gasteiger partial charge in [-0.05, 0) is 32.9 Å². The van der Waals surface area contributed by atoms with Crippen molar-refractivity contribution in [2.45, 2.75) is 26.4 Å². The van der Waals surface area contributed by atoms with E-state index in [1.54, 1.807) is 20.8 Å². The van der Waals surface area contributed by atoms with Gasteiger partial charge in [0.25, 0.3) is 0 Å². The average Bonchev–Trinajstić information content (AvgIpc) is 2.26. The fourth-order valence-corrected chi connectivity index (χ4v) is 1.01. The second-order valence-corrected chi connectivity index (χ2v) is 4.39. The lowest BCUT2D eigenvalue weighted by Crippen LogP contribution is -2.26. The van der Waals surface area contributed by atoms with Crippen LogP contribution in [0.1, 0.15) is 20.8 Å². The smallest absolute Gasteiger partial charge is 0.504 e. The topological polar surface area (TPSA) is 72.8 Å². The molecule has 0 aliphatic heterocycles. The number of hydrogen-bond donors (Lipinski definition) is 1. The van der Waals surface area contributed by atoms with Gasteiger partial charge in [-0.2, -0.15) is 0 Å². The van der Waals surface area contributed by atoms with E-state index in [-0.39, 0.29) is 16.9 Å². The summed E-state index contributed by atoms with van der Waals surface area (Å²) >= 11 is 0. The minimum Gasteiger partial charge on any atom is -0.504 e. The molecular formula is C12H14O5. The van der Waals surface area contributed by atoms with E-state index in [4.69, 9.17) is 9.47 Å². The van der Waals surface area contributed by atoms with E-state index in [0.717, 1.165) is 6.07 Å². The molecule has 0 aromatic heterocycles. The molecule has 0 aliphatic carbocycles. The van der Waals surface area contributed by atoms with Gasteiger partial charge in [-0.25, -0.2) is 4.79 Å². The summed E-state index contributed by atoms with van der Waals surface area (Å²) in [4.78, 5) is 22.5. The average molecular weight is 238 g/mol. The van der Waals surface area contributed by atoms with Crippen LogP contribution in [0.5, 0.6) is 11.5 Å². The first-order chi connectivity index (χ1) is 7.78. The van der Waals surface area contributed by atoms with Crippen LogP contribution >= 0.6 is 0 Å². The van der Waals surface area contributed by atoms with E-state index in [2.05, 4.69) is 0 Å². The Morgan fingerprint density at radius 2 is 1.94 bits per heavy atom. The van der Waals surface area contributed by atoms with E-state index < -0.39 is 11.8 Å². The molecule has 0 heterocycles. The number of rotatable bonds is 1. The molecule has 1 rings (SSSR count). The van der Waals surface area contributed by atoms with Crippen molar-refractivity contribution in [2.24, 2.45) is 0 Å². The lowest BCUT2D eigenvalue weighted by Gasteiger charge is -2.18. The Hall–Kier alpha value is -2.04. The number of ether oxygens (including phenoxy) is 2. The summed E-state index contributed by atoms with van der Waals surface area (Å²) in [5.74, 6) is -0.535. The molecule has 0 atom stereocenters. The first-order valence-electron chi connectivity index (χ1n) is 5.02. The van der Waals surface area contributed by atoms with Crippen LogP contribution in [0.3, 0.4) is 0 Å². The van der Waals surface area contributed by atoms with Crippen LogP contribution < -0.4 is 10.2 Å². The molecule has 0 saturated carbocycles. The first kappa shape index (κ1) is 13.0. The summed E-state index contributed by atoms with van der Waals surface area (Å²) in [6.07, 6.45) is -0.974. The summed E-state index contributed by atoms with van der Waals surface area (Å²) in [7, 11) is 0. The predicted octanol–water partition coefficient (Wildman–Crippen LogP) is 2.07. The van der Waals surface area contributed by atoms with Crippen LogP contribution in [0.15, 0.2) is 29.1 Å². The van der Waals surface area contributed by atoms with Crippen LogP contribution in [0.25, 0.3) is 0 Å². The normalized spacial score (nSPS) is 10.8. The molecule has 0 saturated heterocycles. The third-order valence-electron chi connectivity index (χ3n) is 1.62. The predicted molar refractivity (Wildman–Crippen MR) is 61.2 cm³/mol. The molecule has 0 aliphatic rings. The van der Waals surface area contributed by atoms with E-state index in [1.807, 2.05) is 0 Å². The van der Waals surface area contributed by atoms with E-state index >= 15 is 0 Å². The standard InChI is InChI=1S/C12H14O5/c1-12(2,3)17-11(15)16-10-7-8(13)5-4-6-9(10)14/h4-7,14H,1-3H3. The number of aromatic hydroxyl groups is 1. The number of carbonyl (C=O) groups excluding carboxylic acids is 1. The van der Waals surface area contributed by atoms with Crippen molar-refractivity contribution in [1.29, 1.82) is 0 Å². The molecule has 1 aromatic carbocycles. The zero-order valence-electron chi connectivity index (χ0n) is 9.89. The van der Waals surface area contributed by atoms with Crippen LogP contribution in [-0.4, -0.2) is 16.9 Å². The van der Waals surface area contributed by atoms with Crippen molar-refractivity contribution in [1.82, 2.24) is 0 Å². The number of hydrogen-bond acceptors (Lipinski definition) is 5. The van der Waals surface area contributed by atoms with E-state index in [9.17, 15) is 14.7 Å². The van der Waals surface area contributed by atoms with Gasteiger partial charge in [-0.3, -0.25) is 4.79 Å². The van der Waals surface area contributed by atoms with Crippen molar-refractivity contribution in [3.05, 3.63) is 34.5 Å². The maximum atomic E-state index is 11.3. The summed E-state index contributed by atoms with van der Waals surface area (Å²) in [6.45, 7) is 5.04. The monoisotopic (exact) mass is 238 g/mol. The molecule has 0 fully saturated rings. The molecule has 0 radical (unpaired) electrons. The number of carbonyl (C=O) groups is 1. The Balaban J connectivity index is 2.90. The van der Waals surface area contributed by atoms with Crippen LogP contribution in [0.4, 0.5) is 4.79 Å². The summed E-state index contributed by atoms with van der Waals surface area (Å²) < 4.78 is 9.64. The molecular weight excluding hydrogens is 224 g/mol. The highest BCUT2D eigenvalue weighted by molar-refractivity contribution is 5.65. The SMILES string of the molecule is CC(C)(C)OC(=O)Oc1cc(=O)cccc1O. The summed E-state index contributed by atoms with van der Waals surface area (Å²) in [5, 5.41) is 9.47. The molecule has 0 unspecified atom stereocenters. The summed E-state index contributed by atoms with van der Waals surface area (Å²) in [5.41, 5.74) is -1.09. The minimum atomic E-state index is -0.974. The van der Waals surface area contributed by atoms with Gasteiger partial charge < -0.3 is 14.6 Å². The fraction of sp³-hybridized carbons (Fsp3) is 0.333. The van der Waals surface area contributed by atoms with Crippen molar-refractivity contribution in [2.75, 3.05) is 0 Å². The van der Waals surface area contributed by atoms with Gasteiger partial charge in [0.05, 0.1) is 0 Å². The van der Waals surface area contributed by atoms with Crippen LogP contribution in [0, 0.1) is 0 Å². The Morgan fingerprint density at radius 3 is 2.53 bits per heavy atom. The van der Waals surface area contributed by atoms with E-state index in [0.29, 0.717) is 0 Å². The van der Waals surface area contributed by atoms with Gasteiger partial charge in [-0.1, -0.05) is 6.07 Å². The van der Waals surface area contributed by atoms with Gasteiger partial charge in [0, 0.05) is 6.07 Å². The second kappa shape index (κ2) is 4.86. The van der Waals surface area contributed by atoms with Gasteiger partial charge in [0.1, 0.15) is 5.60 Å². The zero-order chi connectivity index (χ0) is 13.1. The van der Waals surface area contributed by atoms with Crippen molar-refractivity contribution in [3.8, 4) is 11.5 Å². The van der Waals surface area contributed by atoms with Crippen LogP contribution in [0.2, 0.25) is 0 Å². The van der Waals surface area contributed by atoms with Gasteiger partial charge in [0.2, 0.25) is 0 Å². The fourth-order valence-electron chi connectivity index (χ4n) is 1.01. The molecule has 1 N–H and O–H groups in total. The molecule has 0 amide bonds. The summed E-state index contributed by atoms with van der Waals surface area (Å²) in [6, 6.07) is 4.86. The van der Waals surface area contributed by atoms with Gasteiger partial charge in [0.15, 0.2) is 16.9 Å². The highest BCUT2D eigenvalue weighted by Crippen LogP contribution is 2.23. The Kier molecular flexibility index (Phi) is 3.73. The highest BCUT2D eigenvalue weighted by Gasteiger charge is 2.19. The molecule has 0 bridgehead atoms. The van der Waals surface area contributed by atoms with E-state index in [1.165, 1.54) is 18.2 Å².